The first kappa shape index (κ1) is 15.8. The van der Waals surface area contributed by atoms with Crippen LogP contribution in [0.3, 0.4) is 0 Å². The fourth-order valence-electron chi connectivity index (χ4n) is 3.10. The summed E-state index contributed by atoms with van der Waals surface area (Å²) in [5.74, 6) is 1.96. The van der Waals surface area contributed by atoms with Gasteiger partial charge in [-0.05, 0) is 32.0 Å². The Morgan fingerprint density at radius 3 is 2.87 bits per heavy atom. The van der Waals surface area contributed by atoms with Crippen molar-refractivity contribution in [2.75, 3.05) is 20.1 Å². The molecule has 122 valence electrons. The molecule has 1 saturated heterocycles. The lowest BCUT2D eigenvalue weighted by molar-refractivity contribution is -0.132. The molecular formula is C19H24N2O2. The molecule has 0 bridgehead atoms. The van der Waals surface area contributed by atoms with Crippen LogP contribution in [0.25, 0.3) is 11.3 Å². The normalized spacial score (nSPS) is 18.1. The summed E-state index contributed by atoms with van der Waals surface area (Å²) in [6.45, 7) is 1.70. The summed E-state index contributed by atoms with van der Waals surface area (Å²) in [6.07, 6.45) is 3.40. The predicted molar refractivity (Wildman–Crippen MR) is 91.1 cm³/mol. The van der Waals surface area contributed by atoms with Gasteiger partial charge in [-0.25, -0.2) is 0 Å². The average molecular weight is 312 g/mol. The Hall–Kier alpha value is -2.07. The van der Waals surface area contributed by atoms with Crippen molar-refractivity contribution in [3.05, 3.63) is 48.2 Å². The zero-order chi connectivity index (χ0) is 16.1. The molecule has 4 nitrogen and oxygen atoms in total. The molecule has 4 heteroatoms. The first-order chi connectivity index (χ1) is 11.3. The number of nitrogens with zero attached hydrogens (tertiary/aromatic N) is 1. The van der Waals surface area contributed by atoms with E-state index in [4.69, 9.17) is 4.42 Å². The highest BCUT2D eigenvalue weighted by Gasteiger charge is 2.22. The van der Waals surface area contributed by atoms with E-state index in [-0.39, 0.29) is 5.91 Å². The summed E-state index contributed by atoms with van der Waals surface area (Å²) in [7, 11) is 1.96. The van der Waals surface area contributed by atoms with E-state index >= 15 is 0 Å². The number of carbonyl (C=O) groups is 1. The minimum Gasteiger partial charge on any atom is -0.461 e. The Balaban J connectivity index is 1.54. The highest BCUT2D eigenvalue weighted by Crippen LogP contribution is 2.22. The van der Waals surface area contributed by atoms with Crippen molar-refractivity contribution >= 4 is 5.91 Å². The summed E-state index contributed by atoms with van der Waals surface area (Å²) in [6, 6.07) is 14.4. The standard InChI is InChI=1S/C19H24N2O2/c1-20-16-8-5-13-21(14-16)19(22)12-10-17-9-11-18(23-17)15-6-3-2-4-7-15/h2-4,6-7,9,11,16,20H,5,8,10,12-14H2,1H3. The highest BCUT2D eigenvalue weighted by atomic mass is 16.3. The maximum Gasteiger partial charge on any atom is 0.223 e. The molecule has 1 aliphatic rings. The molecule has 1 aromatic carbocycles. The van der Waals surface area contributed by atoms with Gasteiger partial charge >= 0.3 is 0 Å². The van der Waals surface area contributed by atoms with Crippen molar-refractivity contribution in [1.82, 2.24) is 10.2 Å². The van der Waals surface area contributed by atoms with Crippen molar-refractivity contribution in [2.45, 2.75) is 31.7 Å². The van der Waals surface area contributed by atoms with E-state index in [1.165, 1.54) is 0 Å². The largest absolute Gasteiger partial charge is 0.461 e. The molecule has 3 rings (SSSR count). The summed E-state index contributed by atoms with van der Waals surface area (Å²) >= 11 is 0. The summed E-state index contributed by atoms with van der Waals surface area (Å²) in [5, 5.41) is 3.27. The van der Waals surface area contributed by atoms with Gasteiger partial charge in [-0.15, -0.1) is 0 Å². The molecule has 1 unspecified atom stereocenters. The average Bonchev–Trinajstić information content (AvgIpc) is 3.09. The van der Waals surface area contributed by atoms with Crippen molar-refractivity contribution in [2.24, 2.45) is 0 Å². The van der Waals surface area contributed by atoms with Gasteiger partial charge in [0.1, 0.15) is 11.5 Å². The molecule has 1 atom stereocenters. The second-order valence-electron chi connectivity index (χ2n) is 6.10. The van der Waals surface area contributed by atoms with Gasteiger partial charge in [-0.2, -0.15) is 0 Å². The number of nitrogens with one attached hydrogen (secondary N) is 1. The van der Waals surface area contributed by atoms with Gasteiger partial charge in [0.2, 0.25) is 5.91 Å². The zero-order valence-electron chi connectivity index (χ0n) is 13.6. The topological polar surface area (TPSA) is 45.5 Å². The Kier molecular flexibility index (Phi) is 5.13. The van der Waals surface area contributed by atoms with Gasteiger partial charge in [0.15, 0.2) is 0 Å². The SMILES string of the molecule is CNC1CCCN(C(=O)CCc2ccc(-c3ccccc3)o2)C1. The van der Waals surface area contributed by atoms with Crippen molar-refractivity contribution in [1.29, 1.82) is 0 Å². The van der Waals surface area contributed by atoms with Gasteiger partial charge < -0.3 is 14.6 Å². The first-order valence-corrected chi connectivity index (χ1v) is 8.35. The number of benzene rings is 1. The molecule has 0 saturated carbocycles. The third-order valence-corrected chi connectivity index (χ3v) is 4.49. The van der Waals surface area contributed by atoms with E-state index in [9.17, 15) is 4.79 Å². The Morgan fingerprint density at radius 1 is 1.26 bits per heavy atom. The molecule has 1 aliphatic heterocycles. The number of likely N-dealkylation sites (tertiary alicyclic amines) is 1. The maximum atomic E-state index is 12.4. The molecule has 1 fully saturated rings. The van der Waals surface area contributed by atoms with Crippen LogP contribution in [-0.2, 0) is 11.2 Å². The number of rotatable bonds is 5. The van der Waals surface area contributed by atoms with Crippen LogP contribution < -0.4 is 5.32 Å². The van der Waals surface area contributed by atoms with Crippen LogP contribution in [-0.4, -0.2) is 37.0 Å². The highest BCUT2D eigenvalue weighted by molar-refractivity contribution is 5.76. The summed E-state index contributed by atoms with van der Waals surface area (Å²) in [4.78, 5) is 14.3. The fraction of sp³-hybridized carbons (Fsp3) is 0.421. The van der Waals surface area contributed by atoms with Crippen LogP contribution in [0, 0.1) is 0 Å². The van der Waals surface area contributed by atoms with Gasteiger partial charge in [0.25, 0.3) is 0 Å². The van der Waals surface area contributed by atoms with E-state index in [1.54, 1.807) is 0 Å². The number of furan rings is 1. The molecule has 0 radical (unpaired) electrons. The quantitative estimate of drug-likeness (QED) is 0.923. The molecule has 0 spiro atoms. The number of likely N-dealkylation sites (N-methyl/N-ethyl adjacent to an activating group) is 1. The number of amides is 1. The van der Waals surface area contributed by atoms with Gasteiger partial charge in [-0.3, -0.25) is 4.79 Å². The van der Waals surface area contributed by atoms with Gasteiger partial charge in [0, 0.05) is 37.5 Å². The third kappa shape index (κ3) is 4.02. The lowest BCUT2D eigenvalue weighted by Crippen LogP contribution is -2.47. The van der Waals surface area contributed by atoms with Gasteiger partial charge in [0.05, 0.1) is 0 Å². The third-order valence-electron chi connectivity index (χ3n) is 4.49. The van der Waals surface area contributed by atoms with E-state index < -0.39 is 0 Å². The molecular weight excluding hydrogens is 288 g/mol. The van der Waals surface area contributed by atoms with Crippen LogP contribution >= 0.6 is 0 Å². The molecule has 0 aliphatic carbocycles. The van der Waals surface area contributed by atoms with Crippen LogP contribution in [0.15, 0.2) is 46.9 Å². The fourth-order valence-corrected chi connectivity index (χ4v) is 3.10. The van der Waals surface area contributed by atoms with Crippen molar-refractivity contribution < 1.29 is 9.21 Å². The lowest BCUT2D eigenvalue weighted by Gasteiger charge is -2.32. The van der Waals surface area contributed by atoms with E-state index in [0.29, 0.717) is 18.9 Å². The smallest absolute Gasteiger partial charge is 0.223 e. The van der Waals surface area contributed by atoms with Crippen LogP contribution in [0.2, 0.25) is 0 Å². The number of aryl methyl sites for hydroxylation is 1. The Bertz CT molecular complexity index is 636. The Morgan fingerprint density at radius 2 is 2.09 bits per heavy atom. The number of carbonyl (C=O) groups excluding carboxylic acids is 1. The molecule has 1 N–H and O–H groups in total. The Labute approximate surface area is 137 Å². The number of piperidine rings is 1. The summed E-state index contributed by atoms with van der Waals surface area (Å²) < 4.78 is 5.87. The molecule has 2 heterocycles. The van der Waals surface area contributed by atoms with Crippen LogP contribution in [0.1, 0.15) is 25.0 Å². The number of hydrogen-bond acceptors (Lipinski definition) is 3. The lowest BCUT2D eigenvalue weighted by atomic mass is 10.1. The minimum atomic E-state index is 0.225. The van der Waals surface area contributed by atoms with Crippen molar-refractivity contribution in [3.63, 3.8) is 0 Å². The molecule has 1 amide bonds. The van der Waals surface area contributed by atoms with Gasteiger partial charge in [-0.1, -0.05) is 30.3 Å². The minimum absolute atomic E-state index is 0.225. The molecule has 23 heavy (non-hydrogen) atoms. The van der Waals surface area contributed by atoms with E-state index in [2.05, 4.69) is 5.32 Å². The zero-order valence-corrected chi connectivity index (χ0v) is 13.6. The van der Waals surface area contributed by atoms with E-state index in [1.807, 2.05) is 54.4 Å². The first-order valence-electron chi connectivity index (χ1n) is 8.35. The van der Waals surface area contributed by atoms with Crippen molar-refractivity contribution in [3.8, 4) is 11.3 Å². The second kappa shape index (κ2) is 7.47. The molecule has 2 aromatic rings. The number of hydrogen-bond donors (Lipinski definition) is 1. The monoisotopic (exact) mass is 312 g/mol. The van der Waals surface area contributed by atoms with E-state index in [0.717, 1.165) is 43.0 Å². The van der Waals surface area contributed by atoms with Crippen LogP contribution in [0.4, 0.5) is 0 Å². The van der Waals surface area contributed by atoms with Crippen LogP contribution in [0.5, 0.6) is 0 Å². The predicted octanol–water partition coefficient (Wildman–Crippen LogP) is 3.09. The second-order valence-corrected chi connectivity index (χ2v) is 6.10. The maximum absolute atomic E-state index is 12.4. The molecule has 1 aromatic heterocycles. The summed E-state index contributed by atoms with van der Waals surface area (Å²) in [5.41, 5.74) is 1.07.